The van der Waals surface area contributed by atoms with E-state index in [1.54, 1.807) is 0 Å². The molecule has 0 aromatic carbocycles. The summed E-state index contributed by atoms with van der Waals surface area (Å²) in [6.07, 6.45) is -14.9. The normalized spacial score (nSPS) is 16.1. The van der Waals surface area contributed by atoms with E-state index in [0.717, 1.165) is 0 Å². The summed E-state index contributed by atoms with van der Waals surface area (Å²) in [6, 6.07) is 0. The largest absolute Gasteiger partial charge is 0.445 e. The first-order chi connectivity index (χ1) is 6.77. The van der Waals surface area contributed by atoms with Crippen LogP contribution in [-0.2, 0) is 0 Å². The molecule has 0 N–H and O–H groups in total. The van der Waals surface area contributed by atoms with E-state index in [2.05, 4.69) is 0 Å². The van der Waals surface area contributed by atoms with Crippen LogP contribution in [0.2, 0.25) is 0 Å². The first-order valence-electron chi connectivity index (χ1n) is 3.35. The molecule has 0 saturated carbocycles. The average molecular weight is 264 g/mol. The second-order valence-corrected chi connectivity index (χ2v) is 2.62. The Balaban J connectivity index is 5.18. The van der Waals surface area contributed by atoms with Gasteiger partial charge in [-0.3, -0.25) is 0 Å². The minimum atomic E-state index is -6.10. The van der Waals surface area contributed by atoms with Crippen LogP contribution in [0.4, 0.5) is 43.9 Å². The van der Waals surface area contributed by atoms with E-state index < -0.39 is 36.3 Å². The summed E-state index contributed by atoms with van der Waals surface area (Å²) in [5.74, 6) is -13.2. The van der Waals surface area contributed by atoms with Crippen molar-refractivity contribution in [3.8, 4) is 0 Å². The molecule has 0 aromatic heterocycles. The van der Waals surface area contributed by atoms with E-state index in [-0.39, 0.29) is 0 Å². The number of alkyl halides is 8. The molecule has 0 aliphatic rings. The maximum Gasteiger partial charge on any atom is 0.445 e. The molecule has 0 aliphatic heterocycles. The van der Waals surface area contributed by atoms with Gasteiger partial charge in [0.25, 0.3) is 0 Å². The molecule has 0 amide bonds. The highest BCUT2D eigenvalue weighted by Crippen LogP contribution is 2.42. The summed E-state index contributed by atoms with van der Waals surface area (Å²) >= 11 is 0. The molecule has 0 atom stereocenters. The van der Waals surface area contributed by atoms with Crippen LogP contribution in [0.1, 0.15) is 6.42 Å². The minimum Gasteiger partial charge on any atom is -0.202 e. The molecule has 0 unspecified atom stereocenters. The van der Waals surface area contributed by atoms with Gasteiger partial charge in [-0.25, -0.2) is 4.39 Å². The first kappa shape index (κ1) is 15.0. The van der Waals surface area contributed by atoms with Crippen LogP contribution in [0.15, 0.2) is 11.7 Å². The number of rotatable bonds is 2. The summed E-state index contributed by atoms with van der Waals surface area (Å²) in [4.78, 5) is 0. The Morgan fingerprint density at radius 1 is 0.688 bits per heavy atom. The molecule has 0 saturated heterocycles. The third-order valence-electron chi connectivity index (χ3n) is 1.19. The zero-order chi connectivity index (χ0) is 13.4. The summed E-state index contributed by atoms with van der Waals surface area (Å²) < 4.78 is 117. The van der Waals surface area contributed by atoms with Crippen molar-refractivity contribution in [1.82, 2.24) is 0 Å². The van der Waals surface area contributed by atoms with Gasteiger partial charge in [0.2, 0.25) is 11.7 Å². The van der Waals surface area contributed by atoms with E-state index in [0.29, 0.717) is 0 Å². The lowest BCUT2D eigenvalue weighted by molar-refractivity contribution is -0.185. The fraction of sp³-hybridized carbons (Fsp3) is 0.667. The predicted octanol–water partition coefficient (Wildman–Crippen LogP) is 4.29. The molecule has 0 fully saturated rings. The molecule has 0 rings (SSSR count). The van der Waals surface area contributed by atoms with Crippen molar-refractivity contribution in [1.29, 1.82) is 0 Å². The van der Waals surface area contributed by atoms with Gasteiger partial charge in [0.15, 0.2) is 0 Å². The number of hydrogen-bond donors (Lipinski definition) is 0. The maximum absolute atomic E-state index is 12.2. The van der Waals surface area contributed by atoms with Gasteiger partial charge >= 0.3 is 18.3 Å². The molecule has 16 heavy (non-hydrogen) atoms. The van der Waals surface area contributed by atoms with Crippen LogP contribution in [0.3, 0.4) is 0 Å². The highest BCUT2D eigenvalue weighted by atomic mass is 19.4. The SMILES string of the molecule is FC(=C(F)C(F)(F)CC(F)(F)F)C(F)(F)F. The highest BCUT2D eigenvalue weighted by molar-refractivity contribution is 5.13. The molecule has 0 aliphatic carbocycles. The Hall–Kier alpha value is -0.960. The van der Waals surface area contributed by atoms with Crippen molar-refractivity contribution in [2.24, 2.45) is 0 Å². The van der Waals surface area contributed by atoms with Crippen molar-refractivity contribution >= 4 is 0 Å². The van der Waals surface area contributed by atoms with E-state index in [4.69, 9.17) is 0 Å². The smallest absolute Gasteiger partial charge is 0.202 e. The Kier molecular flexibility index (Phi) is 3.88. The Morgan fingerprint density at radius 2 is 1.06 bits per heavy atom. The molecular weight excluding hydrogens is 262 g/mol. The van der Waals surface area contributed by atoms with Crippen molar-refractivity contribution in [3.63, 3.8) is 0 Å². The van der Waals surface area contributed by atoms with Gasteiger partial charge in [0.1, 0.15) is 6.42 Å². The van der Waals surface area contributed by atoms with Gasteiger partial charge in [-0.1, -0.05) is 0 Å². The molecule has 0 aromatic rings. The molecule has 0 radical (unpaired) electrons. The summed E-state index contributed by atoms with van der Waals surface area (Å²) in [6.45, 7) is 0. The summed E-state index contributed by atoms with van der Waals surface area (Å²) in [7, 11) is 0. The van der Waals surface area contributed by atoms with Crippen LogP contribution >= 0.6 is 0 Å². The number of allylic oxidation sites excluding steroid dienone is 2. The van der Waals surface area contributed by atoms with Crippen molar-refractivity contribution in [2.75, 3.05) is 0 Å². The van der Waals surface area contributed by atoms with E-state index in [1.807, 2.05) is 0 Å². The Bertz CT molecular complexity index is 279. The summed E-state index contributed by atoms with van der Waals surface area (Å²) in [5.41, 5.74) is 0. The lowest BCUT2D eigenvalue weighted by Gasteiger charge is -2.17. The van der Waals surface area contributed by atoms with E-state index >= 15 is 0 Å². The van der Waals surface area contributed by atoms with Gasteiger partial charge in [-0.15, -0.1) is 0 Å². The topological polar surface area (TPSA) is 0 Å². The number of halogens is 10. The van der Waals surface area contributed by atoms with E-state index in [1.165, 1.54) is 0 Å². The van der Waals surface area contributed by atoms with Crippen LogP contribution in [-0.4, -0.2) is 18.3 Å². The monoisotopic (exact) mass is 264 g/mol. The lowest BCUT2D eigenvalue weighted by Crippen LogP contribution is -2.28. The molecule has 10 heteroatoms. The van der Waals surface area contributed by atoms with Crippen LogP contribution in [0.25, 0.3) is 0 Å². The second kappa shape index (κ2) is 4.13. The van der Waals surface area contributed by atoms with Gasteiger partial charge in [-0.05, 0) is 0 Å². The molecule has 0 heterocycles. The average Bonchev–Trinajstić information content (AvgIpc) is 1.95. The molecule has 0 nitrogen and oxygen atoms in total. The van der Waals surface area contributed by atoms with Crippen LogP contribution in [0.5, 0.6) is 0 Å². The van der Waals surface area contributed by atoms with Gasteiger partial charge in [0, 0.05) is 0 Å². The third-order valence-corrected chi connectivity index (χ3v) is 1.19. The van der Waals surface area contributed by atoms with Crippen molar-refractivity contribution in [3.05, 3.63) is 11.7 Å². The summed E-state index contributed by atoms with van der Waals surface area (Å²) in [5, 5.41) is 0. The van der Waals surface area contributed by atoms with Crippen LogP contribution in [0, 0.1) is 0 Å². The Morgan fingerprint density at radius 3 is 1.31 bits per heavy atom. The molecule has 0 spiro atoms. The minimum absolute atomic E-state index is 3.21. The molecule has 0 bridgehead atoms. The lowest BCUT2D eigenvalue weighted by atomic mass is 10.2. The first-order valence-corrected chi connectivity index (χ1v) is 3.35. The zero-order valence-corrected chi connectivity index (χ0v) is 6.99. The standard InChI is InChI=1S/C6H2F10/c7-2(3(8)6(14,15)16)4(9,10)1-5(11,12)13/h1H2. The number of hydrogen-bond acceptors (Lipinski definition) is 0. The third kappa shape index (κ3) is 4.27. The zero-order valence-electron chi connectivity index (χ0n) is 6.99. The second-order valence-electron chi connectivity index (χ2n) is 2.62. The fourth-order valence-corrected chi connectivity index (χ4v) is 0.614. The van der Waals surface area contributed by atoms with Gasteiger partial charge in [0.05, 0.1) is 0 Å². The maximum atomic E-state index is 12.2. The predicted molar refractivity (Wildman–Crippen MR) is 30.9 cm³/mol. The molecule has 96 valence electrons. The van der Waals surface area contributed by atoms with Crippen LogP contribution < -0.4 is 0 Å². The fourth-order valence-electron chi connectivity index (χ4n) is 0.614. The highest BCUT2D eigenvalue weighted by Gasteiger charge is 2.52. The van der Waals surface area contributed by atoms with Gasteiger partial charge in [-0.2, -0.15) is 39.5 Å². The van der Waals surface area contributed by atoms with Crippen molar-refractivity contribution in [2.45, 2.75) is 24.7 Å². The molecular formula is C6H2F10. The van der Waals surface area contributed by atoms with Gasteiger partial charge < -0.3 is 0 Å². The quantitative estimate of drug-likeness (QED) is 0.653. The van der Waals surface area contributed by atoms with Crippen molar-refractivity contribution < 1.29 is 43.9 Å². The van der Waals surface area contributed by atoms with E-state index in [9.17, 15) is 43.9 Å². The Labute approximate surface area is 81.5 Å².